The Bertz CT molecular complexity index is 504. The van der Waals surface area contributed by atoms with E-state index in [0.717, 1.165) is 49.5 Å². The van der Waals surface area contributed by atoms with Crippen LogP contribution in [0.25, 0.3) is 0 Å². The lowest BCUT2D eigenvalue weighted by Crippen LogP contribution is -2.46. The molecule has 1 amide bonds. The summed E-state index contributed by atoms with van der Waals surface area (Å²) in [5.74, 6) is 0.265. The molecule has 0 atom stereocenters. The van der Waals surface area contributed by atoms with Crippen molar-refractivity contribution in [1.29, 1.82) is 0 Å². The van der Waals surface area contributed by atoms with Crippen LogP contribution in [0.1, 0.15) is 44.0 Å². The third-order valence-corrected chi connectivity index (χ3v) is 4.83. The summed E-state index contributed by atoms with van der Waals surface area (Å²) in [6, 6.07) is 0. The second kappa shape index (κ2) is 5.52. The minimum atomic E-state index is -0.204. The molecular weight excluding hydrogens is 274 g/mol. The largest absolute Gasteiger partial charge is 0.388 e. The van der Waals surface area contributed by atoms with E-state index in [2.05, 4.69) is 10.1 Å². The molecule has 1 fully saturated rings. The summed E-state index contributed by atoms with van der Waals surface area (Å²) in [5.41, 5.74) is 0.748. The van der Waals surface area contributed by atoms with Gasteiger partial charge in [-0.2, -0.15) is 0 Å². The Morgan fingerprint density at radius 2 is 2.30 bits per heavy atom. The van der Waals surface area contributed by atoms with Gasteiger partial charge in [-0.15, -0.1) is 11.3 Å². The van der Waals surface area contributed by atoms with Crippen LogP contribution in [0, 0.1) is 0 Å². The lowest BCUT2D eigenvalue weighted by Gasteiger charge is -2.37. The van der Waals surface area contributed by atoms with Gasteiger partial charge in [0.15, 0.2) is 0 Å². The molecule has 0 N–H and O–H groups in total. The molecule has 1 saturated heterocycles. The number of carbonyl (C=O) groups excluding carboxylic acids is 1. The number of piperidine rings is 1. The summed E-state index contributed by atoms with van der Waals surface area (Å²) in [6.45, 7) is 3.59. The molecule has 3 rings (SSSR count). The summed E-state index contributed by atoms with van der Waals surface area (Å²) in [5, 5.41) is 7.13. The lowest BCUT2D eigenvalue weighted by molar-refractivity contribution is -0.136. The number of hydrogen-bond donors (Lipinski definition) is 0. The number of likely N-dealkylation sites (tertiary alicyclic amines) is 1. The summed E-state index contributed by atoms with van der Waals surface area (Å²) in [4.78, 5) is 23.9. The molecule has 0 unspecified atom stereocenters. The fraction of sp³-hybridized carbons (Fsp3) is 0.643. The van der Waals surface area contributed by atoms with Gasteiger partial charge in [0.2, 0.25) is 5.91 Å². The first-order chi connectivity index (χ1) is 9.72. The number of thiazole rings is 1. The van der Waals surface area contributed by atoms with Crippen molar-refractivity contribution < 1.29 is 9.63 Å². The van der Waals surface area contributed by atoms with Gasteiger partial charge in [-0.1, -0.05) is 12.1 Å². The van der Waals surface area contributed by atoms with E-state index < -0.39 is 0 Å². The predicted octanol–water partition coefficient (Wildman–Crippen LogP) is 2.43. The Morgan fingerprint density at radius 3 is 2.95 bits per heavy atom. The maximum atomic E-state index is 11.9. The molecule has 0 aliphatic carbocycles. The van der Waals surface area contributed by atoms with E-state index in [4.69, 9.17) is 4.84 Å². The quantitative estimate of drug-likeness (QED) is 0.860. The lowest BCUT2D eigenvalue weighted by atomic mass is 9.87. The second-order valence-corrected chi connectivity index (χ2v) is 6.35. The van der Waals surface area contributed by atoms with Crippen molar-refractivity contribution in [2.45, 2.75) is 44.6 Å². The number of amides is 1. The van der Waals surface area contributed by atoms with Gasteiger partial charge in [0.1, 0.15) is 16.3 Å². The molecule has 108 valence electrons. The predicted molar refractivity (Wildman–Crippen MR) is 77.8 cm³/mol. The van der Waals surface area contributed by atoms with Crippen LogP contribution in [-0.4, -0.2) is 40.2 Å². The monoisotopic (exact) mass is 293 g/mol. The highest BCUT2D eigenvalue weighted by Gasteiger charge is 2.43. The zero-order valence-electron chi connectivity index (χ0n) is 11.7. The van der Waals surface area contributed by atoms with Crippen LogP contribution in [0.2, 0.25) is 0 Å². The first-order valence-corrected chi connectivity index (χ1v) is 8.03. The highest BCUT2D eigenvalue weighted by atomic mass is 32.1. The van der Waals surface area contributed by atoms with Crippen molar-refractivity contribution in [2.24, 2.45) is 5.16 Å². The fourth-order valence-corrected chi connectivity index (χ4v) is 3.42. The van der Waals surface area contributed by atoms with Gasteiger partial charge in [0.25, 0.3) is 0 Å². The average molecular weight is 293 g/mol. The Morgan fingerprint density at radius 1 is 1.50 bits per heavy atom. The van der Waals surface area contributed by atoms with Crippen LogP contribution < -0.4 is 0 Å². The normalized spacial score (nSPS) is 20.9. The molecule has 0 saturated carbocycles. The zero-order valence-corrected chi connectivity index (χ0v) is 12.5. The number of aromatic nitrogens is 1. The third-order valence-electron chi connectivity index (χ3n) is 4.01. The first-order valence-electron chi connectivity index (χ1n) is 7.15. The molecule has 5 nitrogen and oxygen atoms in total. The van der Waals surface area contributed by atoms with E-state index in [1.54, 1.807) is 17.5 Å². The summed E-state index contributed by atoms with van der Waals surface area (Å²) in [7, 11) is 0. The molecule has 0 bridgehead atoms. The van der Waals surface area contributed by atoms with Crippen LogP contribution in [0.4, 0.5) is 0 Å². The number of rotatable bonds is 3. The fourth-order valence-electron chi connectivity index (χ4n) is 2.81. The van der Waals surface area contributed by atoms with E-state index in [1.165, 1.54) is 0 Å². The van der Waals surface area contributed by atoms with Gasteiger partial charge in [-0.05, 0) is 6.42 Å². The number of nitrogens with zero attached hydrogens (tertiary/aromatic N) is 3. The van der Waals surface area contributed by atoms with Crippen molar-refractivity contribution in [1.82, 2.24) is 9.88 Å². The van der Waals surface area contributed by atoms with Crippen molar-refractivity contribution in [3.63, 3.8) is 0 Å². The van der Waals surface area contributed by atoms with Crippen molar-refractivity contribution in [3.05, 3.63) is 16.6 Å². The highest BCUT2D eigenvalue weighted by molar-refractivity contribution is 7.11. The van der Waals surface area contributed by atoms with E-state index in [-0.39, 0.29) is 11.5 Å². The summed E-state index contributed by atoms with van der Waals surface area (Å²) < 4.78 is 0. The van der Waals surface area contributed by atoms with Crippen LogP contribution in [-0.2, 0) is 9.63 Å². The summed E-state index contributed by atoms with van der Waals surface area (Å²) >= 11 is 1.59. The smallest absolute Gasteiger partial charge is 0.222 e. The Hall–Kier alpha value is -1.43. The standard InChI is InChI=1S/C14H19N3O2S/c1-2-3-12(18)17-7-4-14(5-8-17)10-11(16-19-14)13-15-6-9-20-13/h6,9H,2-5,7-8,10H2,1H3. The molecule has 0 aromatic carbocycles. The van der Waals surface area contributed by atoms with E-state index in [9.17, 15) is 4.79 Å². The van der Waals surface area contributed by atoms with E-state index in [0.29, 0.717) is 6.42 Å². The summed E-state index contributed by atoms with van der Waals surface area (Å²) in [6.07, 6.45) is 5.89. The van der Waals surface area contributed by atoms with Gasteiger partial charge in [0.05, 0.1) is 0 Å². The van der Waals surface area contributed by atoms with Gasteiger partial charge >= 0.3 is 0 Å². The Balaban J connectivity index is 1.58. The van der Waals surface area contributed by atoms with E-state index in [1.807, 2.05) is 17.2 Å². The molecular formula is C14H19N3O2S. The number of oxime groups is 1. The number of carbonyl (C=O) groups is 1. The average Bonchev–Trinajstić information content (AvgIpc) is 3.10. The molecule has 1 aromatic rings. The Labute approximate surface area is 122 Å². The van der Waals surface area contributed by atoms with Gasteiger partial charge in [0, 0.05) is 50.3 Å². The van der Waals surface area contributed by atoms with Crippen LogP contribution >= 0.6 is 11.3 Å². The molecule has 0 radical (unpaired) electrons. The number of hydrogen-bond acceptors (Lipinski definition) is 5. The minimum Gasteiger partial charge on any atom is -0.388 e. The van der Waals surface area contributed by atoms with Gasteiger partial charge < -0.3 is 9.74 Å². The van der Waals surface area contributed by atoms with Crippen LogP contribution in [0.5, 0.6) is 0 Å². The van der Waals surface area contributed by atoms with Crippen molar-refractivity contribution >= 4 is 23.0 Å². The first kappa shape index (κ1) is 13.5. The molecule has 6 heteroatoms. The highest BCUT2D eigenvalue weighted by Crippen LogP contribution is 2.36. The van der Waals surface area contributed by atoms with Crippen LogP contribution in [0.3, 0.4) is 0 Å². The SMILES string of the molecule is CCCC(=O)N1CCC2(CC1)CC(c1nccs1)=NO2. The maximum Gasteiger partial charge on any atom is 0.222 e. The molecule has 1 aromatic heterocycles. The van der Waals surface area contributed by atoms with Gasteiger partial charge in [-0.25, -0.2) is 4.98 Å². The minimum absolute atomic E-state index is 0.204. The van der Waals surface area contributed by atoms with E-state index >= 15 is 0 Å². The molecule has 2 aliphatic rings. The maximum absolute atomic E-state index is 11.9. The zero-order chi connectivity index (χ0) is 14.0. The topological polar surface area (TPSA) is 54.8 Å². The van der Waals surface area contributed by atoms with Crippen molar-refractivity contribution in [3.8, 4) is 0 Å². The molecule has 1 spiro atoms. The van der Waals surface area contributed by atoms with Crippen LogP contribution in [0.15, 0.2) is 16.7 Å². The molecule has 2 aliphatic heterocycles. The second-order valence-electron chi connectivity index (χ2n) is 5.46. The Kier molecular flexibility index (Phi) is 3.74. The molecule has 20 heavy (non-hydrogen) atoms. The molecule has 3 heterocycles. The van der Waals surface area contributed by atoms with Crippen molar-refractivity contribution in [2.75, 3.05) is 13.1 Å². The third kappa shape index (κ3) is 2.57. The van der Waals surface area contributed by atoms with Gasteiger partial charge in [-0.3, -0.25) is 4.79 Å².